The number of hydrogen-bond acceptors (Lipinski definition) is 4. The monoisotopic (exact) mass is 222 g/mol. The summed E-state index contributed by atoms with van der Waals surface area (Å²) in [5.41, 5.74) is 1.10. The lowest BCUT2D eigenvalue weighted by atomic mass is 10.4. The van der Waals surface area contributed by atoms with Crippen LogP contribution in [0.4, 0.5) is 5.95 Å². The predicted octanol–water partition coefficient (Wildman–Crippen LogP) is 2.14. The van der Waals surface area contributed by atoms with E-state index in [0.29, 0.717) is 5.95 Å². The van der Waals surface area contributed by atoms with Crippen LogP contribution in [0.2, 0.25) is 0 Å². The molecule has 1 N–H and O–H groups in total. The van der Waals surface area contributed by atoms with E-state index in [4.69, 9.17) is 0 Å². The zero-order valence-electron chi connectivity index (χ0n) is 10.5. The van der Waals surface area contributed by atoms with E-state index in [2.05, 4.69) is 20.2 Å². The summed E-state index contributed by atoms with van der Waals surface area (Å²) in [6, 6.07) is 1.99. The Morgan fingerprint density at radius 3 is 2.62 bits per heavy atom. The molecular weight excluding hydrogens is 200 g/mol. The Morgan fingerprint density at radius 1 is 1.31 bits per heavy atom. The average molecular weight is 222 g/mol. The number of nitrogens with zero attached hydrogens (tertiary/aromatic N) is 3. The van der Waals surface area contributed by atoms with Crippen LogP contribution >= 0.6 is 0 Å². The van der Waals surface area contributed by atoms with Gasteiger partial charge in [0, 0.05) is 19.8 Å². The van der Waals surface area contributed by atoms with Crippen molar-refractivity contribution in [3.63, 3.8) is 0 Å². The molecule has 4 heteroatoms. The standard InChI is InChI=1S/C10H16N4.C2H6/c1-11-10-12-5-4-9(13-10)8-14-6-2-3-7-14;1-2/h4-5H,2-3,6-8H2,1H3,(H,11,12,13);1-2H3. The summed E-state index contributed by atoms with van der Waals surface area (Å²) in [6.07, 6.45) is 4.46. The molecule has 4 nitrogen and oxygen atoms in total. The second kappa shape index (κ2) is 7.17. The molecule has 1 fully saturated rings. The zero-order valence-corrected chi connectivity index (χ0v) is 10.5. The van der Waals surface area contributed by atoms with Crippen LogP contribution in [0.3, 0.4) is 0 Å². The minimum atomic E-state index is 0.710. The van der Waals surface area contributed by atoms with Crippen LogP contribution in [-0.4, -0.2) is 35.0 Å². The number of hydrogen-bond donors (Lipinski definition) is 1. The van der Waals surface area contributed by atoms with Crippen molar-refractivity contribution in [1.29, 1.82) is 0 Å². The molecular formula is C12H22N4. The lowest BCUT2D eigenvalue weighted by molar-refractivity contribution is 0.327. The van der Waals surface area contributed by atoms with E-state index in [1.807, 2.05) is 33.2 Å². The Bertz CT molecular complexity index is 295. The van der Waals surface area contributed by atoms with E-state index in [1.54, 1.807) is 0 Å². The maximum absolute atomic E-state index is 4.39. The van der Waals surface area contributed by atoms with Crippen LogP contribution in [0, 0.1) is 0 Å². The molecule has 16 heavy (non-hydrogen) atoms. The average Bonchev–Trinajstić information content (AvgIpc) is 2.85. The quantitative estimate of drug-likeness (QED) is 0.850. The maximum Gasteiger partial charge on any atom is 0.222 e. The lowest BCUT2D eigenvalue weighted by Crippen LogP contribution is -2.19. The van der Waals surface area contributed by atoms with Crippen LogP contribution in [0.1, 0.15) is 32.4 Å². The van der Waals surface area contributed by atoms with Gasteiger partial charge in [0.05, 0.1) is 5.69 Å². The van der Waals surface area contributed by atoms with Crippen molar-refractivity contribution in [3.8, 4) is 0 Å². The van der Waals surface area contributed by atoms with E-state index in [9.17, 15) is 0 Å². The van der Waals surface area contributed by atoms with Crippen LogP contribution < -0.4 is 5.32 Å². The third kappa shape index (κ3) is 3.77. The molecule has 0 aliphatic carbocycles. The summed E-state index contributed by atoms with van der Waals surface area (Å²) in [4.78, 5) is 10.9. The van der Waals surface area contributed by atoms with Gasteiger partial charge in [-0.05, 0) is 32.0 Å². The molecule has 1 saturated heterocycles. The van der Waals surface area contributed by atoms with Crippen LogP contribution in [0.15, 0.2) is 12.3 Å². The van der Waals surface area contributed by atoms with Crippen molar-refractivity contribution in [1.82, 2.24) is 14.9 Å². The highest BCUT2D eigenvalue weighted by molar-refractivity contribution is 5.23. The summed E-state index contributed by atoms with van der Waals surface area (Å²) in [7, 11) is 1.84. The molecule has 2 rings (SSSR count). The van der Waals surface area contributed by atoms with Gasteiger partial charge in [-0.1, -0.05) is 13.8 Å². The van der Waals surface area contributed by atoms with Gasteiger partial charge in [0.25, 0.3) is 0 Å². The van der Waals surface area contributed by atoms with E-state index < -0.39 is 0 Å². The fraction of sp³-hybridized carbons (Fsp3) is 0.667. The third-order valence-electron chi connectivity index (χ3n) is 2.52. The first-order valence-electron chi connectivity index (χ1n) is 6.10. The second-order valence-corrected chi connectivity index (χ2v) is 3.60. The Balaban J connectivity index is 0.000000606. The summed E-state index contributed by atoms with van der Waals surface area (Å²) in [6.45, 7) is 7.37. The predicted molar refractivity (Wildman–Crippen MR) is 67.4 cm³/mol. The van der Waals surface area contributed by atoms with Crippen LogP contribution in [0.25, 0.3) is 0 Å². The molecule has 2 heterocycles. The molecule has 1 aromatic heterocycles. The Morgan fingerprint density at radius 2 is 2.00 bits per heavy atom. The summed E-state index contributed by atoms with van der Waals surface area (Å²) >= 11 is 0. The first-order chi connectivity index (χ1) is 7.88. The summed E-state index contributed by atoms with van der Waals surface area (Å²) in [5, 5.41) is 2.95. The minimum absolute atomic E-state index is 0.710. The normalized spacial score (nSPS) is 15.4. The number of likely N-dealkylation sites (tertiary alicyclic amines) is 1. The smallest absolute Gasteiger partial charge is 0.222 e. The third-order valence-corrected chi connectivity index (χ3v) is 2.52. The lowest BCUT2D eigenvalue weighted by Gasteiger charge is -2.13. The first-order valence-corrected chi connectivity index (χ1v) is 6.10. The fourth-order valence-corrected chi connectivity index (χ4v) is 1.77. The molecule has 0 radical (unpaired) electrons. The highest BCUT2D eigenvalue weighted by Gasteiger charge is 2.12. The number of rotatable bonds is 3. The molecule has 0 spiro atoms. The van der Waals surface area contributed by atoms with E-state index in [-0.39, 0.29) is 0 Å². The molecule has 1 aliphatic rings. The topological polar surface area (TPSA) is 41.1 Å². The largest absolute Gasteiger partial charge is 0.357 e. The number of aromatic nitrogens is 2. The molecule has 0 bridgehead atoms. The van der Waals surface area contributed by atoms with E-state index in [1.165, 1.54) is 25.9 Å². The maximum atomic E-state index is 4.39. The van der Waals surface area contributed by atoms with Crippen molar-refractivity contribution in [2.45, 2.75) is 33.2 Å². The molecule has 0 atom stereocenters. The van der Waals surface area contributed by atoms with Crippen LogP contribution in [0.5, 0.6) is 0 Å². The molecule has 0 aromatic carbocycles. The van der Waals surface area contributed by atoms with Crippen molar-refractivity contribution in [2.24, 2.45) is 0 Å². The van der Waals surface area contributed by atoms with Crippen molar-refractivity contribution in [2.75, 3.05) is 25.5 Å². The zero-order chi connectivity index (χ0) is 11.8. The molecule has 0 saturated carbocycles. The Hall–Kier alpha value is -1.16. The van der Waals surface area contributed by atoms with Gasteiger partial charge < -0.3 is 5.32 Å². The second-order valence-electron chi connectivity index (χ2n) is 3.60. The Kier molecular flexibility index (Phi) is 5.78. The summed E-state index contributed by atoms with van der Waals surface area (Å²) < 4.78 is 0. The first kappa shape index (κ1) is 12.9. The van der Waals surface area contributed by atoms with Crippen molar-refractivity contribution >= 4 is 5.95 Å². The van der Waals surface area contributed by atoms with Gasteiger partial charge in [0.15, 0.2) is 0 Å². The van der Waals surface area contributed by atoms with E-state index >= 15 is 0 Å². The highest BCUT2D eigenvalue weighted by atomic mass is 15.2. The van der Waals surface area contributed by atoms with Gasteiger partial charge in [-0.25, -0.2) is 9.97 Å². The van der Waals surface area contributed by atoms with E-state index in [0.717, 1.165) is 12.2 Å². The number of anilines is 1. The summed E-state index contributed by atoms with van der Waals surface area (Å²) in [5.74, 6) is 0.710. The van der Waals surface area contributed by atoms with Gasteiger partial charge >= 0.3 is 0 Å². The van der Waals surface area contributed by atoms with Gasteiger partial charge in [0.2, 0.25) is 5.95 Å². The van der Waals surface area contributed by atoms with Gasteiger partial charge in [0.1, 0.15) is 0 Å². The Labute approximate surface area is 98.1 Å². The van der Waals surface area contributed by atoms with Gasteiger partial charge in [-0.15, -0.1) is 0 Å². The molecule has 90 valence electrons. The molecule has 1 aliphatic heterocycles. The minimum Gasteiger partial charge on any atom is -0.357 e. The van der Waals surface area contributed by atoms with Gasteiger partial charge in [-0.3, -0.25) is 4.90 Å². The number of nitrogens with one attached hydrogen (secondary N) is 1. The van der Waals surface area contributed by atoms with Gasteiger partial charge in [-0.2, -0.15) is 0 Å². The fourth-order valence-electron chi connectivity index (χ4n) is 1.77. The van der Waals surface area contributed by atoms with Crippen molar-refractivity contribution < 1.29 is 0 Å². The molecule has 0 unspecified atom stereocenters. The van der Waals surface area contributed by atoms with Crippen molar-refractivity contribution in [3.05, 3.63) is 18.0 Å². The molecule has 0 amide bonds. The van der Waals surface area contributed by atoms with Crippen LogP contribution in [-0.2, 0) is 6.54 Å². The SMILES string of the molecule is CC.CNc1nccc(CN2CCCC2)n1. The highest BCUT2D eigenvalue weighted by Crippen LogP contribution is 2.11. The molecule has 1 aromatic rings.